The Morgan fingerprint density at radius 1 is 1.50 bits per heavy atom. The highest BCUT2D eigenvalue weighted by molar-refractivity contribution is 5.77. The number of hydrogen-bond acceptors (Lipinski definition) is 3. The zero-order valence-electron chi connectivity index (χ0n) is 10.3. The minimum Gasteiger partial charge on any atom is -0.481 e. The van der Waals surface area contributed by atoms with Crippen LogP contribution in [-0.4, -0.2) is 25.6 Å². The lowest BCUT2D eigenvalue weighted by Crippen LogP contribution is -2.25. The van der Waals surface area contributed by atoms with Crippen molar-refractivity contribution < 1.29 is 13.9 Å². The largest absolute Gasteiger partial charge is 0.481 e. The summed E-state index contributed by atoms with van der Waals surface area (Å²) in [5, 5.41) is 5.72. The fraction of sp³-hybridized carbons (Fsp3) is 0.462. The van der Waals surface area contributed by atoms with Gasteiger partial charge in [0.2, 0.25) is 0 Å². The van der Waals surface area contributed by atoms with Crippen LogP contribution in [0.1, 0.15) is 18.4 Å². The van der Waals surface area contributed by atoms with Crippen molar-refractivity contribution in [3.8, 4) is 5.75 Å². The van der Waals surface area contributed by atoms with Crippen LogP contribution < -0.4 is 15.4 Å². The molecule has 1 amide bonds. The predicted molar refractivity (Wildman–Crippen MR) is 65.8 cm³/mol. The van der Waals surface area contributed by atoms with Crippen LogP contribution in [0.25, 0.3) is 0 Å². The number of amides is 1. The van der Waals surface area contributed by atoms with Gasteiger partial charge in [-0.1, -0.05) is 6.07 Å². The molecule has 0 aliphatic heterocycles. The standard InChI is InChI=1S/C13H17FN2O2/c1-15-13(17)8-18-12-5-2-9(6-11(12)14)7-16-10-3-4-10/h2,5-6,10,16H,3-4,7-8H2,1H3,(H,15,17). The zero-order valence-corrected chi connectivity index (χ0v) is 10.3. The minimum absolute atomic E-state index is 0.105. The Kier molecular flexibility index (Phi) is 4.15. The van der Waals surface area contributed by atoms with E-state index in [0.29, 0.717) is 12.6 Å². The van der Waals surface area contributed by atoms with Crippen molar-refractivity contribution in [1.29, 1.82) is 0 Å². The molecule has 18 heavy (non-hydrogen) atoms. The van der Waals surface area contributed by atoms with Crippen molar-refractivity contribution in [1.82, 2.24) is 10.6 Å². The van der Waals surface area contributed by atoms with E-state index in [-0.39, 0.29) is 18.3 Å². The highest BCUT2D eigenvalue weighted by Crippen LogP contribution is 2.21. The fourth-order valence-corrected chi connectivity index (χ4v) is 1.54. The molecule has 0 heterocycles. The van der Waals surface area contributed by atoms with Crippen LogP contribution in [0.4, 0.5) is 4.39 Å². The maximum atomic E-state index is 13.7. The van der Waals surface area contributed by atoms with Gasteiger partial charge in [-0.05, 0) is 30.5 Å². The third kappa shape index (κ3) is 3.70. The van der Waals surface area contributed by atoms with Crippen LogP contribution in [0.3, 0.4) is 0 Å². The average molecular weight is 252 g/mol. The van der Waals surface area contributed by atoms with Crippen molar-refractivity contribution in [2.45, 2.75) is 25.4 Å². The summed E-state index contributed by atoms with van der Waals surface area (Å²) in [6.07, 6.45) is 2.41. The molecule has 0 unspecified atom stereocenters. The van der Waals surface area contributed by atoms with E-state index in [0.717, 1.165) is 5.56 Å². The lowest BCUT2D eigenvalue weighted by molar-refractivity contribution is -0.122. The van der Waals surface area contributed by atoms with E-state index < -0.39 is 5.82 Å². The van der Waals surface area contributed by atoms with Gasteiger partial charge in [0.05, 0.1) is 0 Å². The van der Waals surface area contributed by atoms with Gasteiger partial charge in [0.25, 0.3) is 5.91 Å². The lowest BCUT2D eigenvalue weighted by atomic mass is 10.2. The van der Waals surface area contributed by atoms with Crippen LogP contribution in [0.2, 0.25) is 0 Å². The van der Waals surface area contributed by atoms with Crippen LogP contribution >= 0.6 is 0 Å². The molecule has 5 heteroatoms. The van der Waals surface area contributed by atoms with Gasteiger partial charge in [0.1, 0.15) is 0 Å². The van der Waals surface area contributed by atoms with Crippen LogP contribution in [-0.2, 0) is 11.3 Å². The molecule has 98 valence electrons. The summed E-state index contributed by atoms with van der Waals surface area (Å²) in [4.78, 5) is 11.0. The van der Waals surface area contributed by atoms with E-state index in [2.05, 4.69) is 10.6 Å². The molecular formula is C13H17FN2O2. The van der Waals surface area contributed by atoms with E-state index in [1.807, 2.05) is 0 Å². The van der Waals surface area contributed by atoms with E-state index in [9.17, 15) is 9.18 Å². The first-order valence-corrected chi connectivity index (χ1v) is 6.04. The molecule has 0 spiro atoms. The number of ether oxygens (including phenoxy) is 1. The molecule has 4 nitrogen and oxygen atoms in total. The number of hydrogen-bond donors (Lipinski definition) is 2. The molecule has 0 atom stereocenters. The van der Waals surface area contributed by atoms with E-state index >= 15 is 0 Å². The third-order valence-corrected chi connectivity index (χ3v) is 2.81. The number of carbonyl (C=O) groups is 1. The van der Waals surface area contributed by atoms with Gasteiger partial charge < -0.3 is 15.4 Å². The van der Waals surface area contributed by atoms with Gasteiger partial charge in [0, 0.05) is 19.6 Å². The second kappa shape index (κ2) is 5.82. The smallest absolute Gasteiger partial charge is 0.257 e. The molecule has 1 aromatic rings. The summed E-state index contributed by atoms with van der Waals surface area (Å²) in [7, 11) is 1.51. The van der Waals surface area contributed by atoms with Gasteiger partial charge in [0.15, 0.2) is 18.2 Å². The maximum Gasteiger partial charge on any atom is 0.257 e. The van der Waals surface area contributed by atoms with Gasteiger partial charge in [-0.3, -0.25) is 4.79 Å². The topological polar surface area (TPSA) is 50.4 Å². The third-order valence-electron chi connectivity index (χ3n) is 2.81. The Hall–Kier alpha value is -1.62. The molecule has 2 N–H and O–H groups in total. The fourth-order valence-electron chi connectivity index (χ4n) is 1.54. The van der Waals surface area contributed by atoms with Crippen LogP contribution in [0, 0.1) is 5.82 Å². The molecule has 1 saturated carbocycles. The quantitative estimate of drug-likeness (QED) is 0.800. The molecular weight excluding hydrogens is 235 g/mol. The zero-order chi connectivity index (χ0) is 13.0. The van der Waals surface area contributed by atoms with Gasteiger partial charge in [-0.25, -0.2) is 4.39 Å². The first-order chi connectivity index (χ1) is 8.69. The summed E-state index contributed by atoms with van der Waals surface area (Å²) < 4.78 is 18.7. The van der Waals surface area contributed by atoms with E-state index in [4.69, 9.17) is 4.74 Å². The molecule has 1 fully saturated rings. The van der Waals surface area contributed by atoms with Crippen molar-refractivity contribution in [2.24, 2.45) is 0 Å². The second-order valence-corrected chi connectivity index (χ2v) is 4.38. The number of carbonyl (C=O) groups excluding carboxylic acids is 1. The van der Waals surface area contributed by atoms with Crippen molar-refractivity contribution >= 4 is 5.91 Å². The Balaban J connectivity index is 1.89. The summed E-state index contributed by atoms with van der Waals surface area (Å²) >= 11 is 0. The molecule has 0 aromatic heterocycles. The molecule has 1 aliphatic rings. The molecule has 1 aliphatic carbocycles. The molecule has 2 rings (SSSR count). The number of rotatable bonds is 6. The Bertz CT molecular complexity index is 433. The lowest BCUT2D eigenvalue weighted by Gasteiger charge is -2.08. The number of nitrogens with one attached hydrogen (secondary N) is 2. The minimum atomic E-state index is -0.436. The molecule has 0 bridgehead atoms. The van der Waals surface area contributed by atoms with E-state index in [1.54, 1.807) is 12.1 Å². The maximum absolute atomic E-state index is 13.7. The molecule has 0 radical (unpaired) electrons. The number of likely N-dealkylation sites (N-methyl/N-ethyl adjacent to an activating group) is 1. The Morgan fingerprint density at radius 2 is 2.28 bits per heavy atom. The SMILES string of the molecule is CNC(=O)COc1ccc(CNC2CC2)cc1F. The van der Waals surface area contributed by atoms with Crippen molar-refractivity contribution in [2.75, 3.05) is 13.7 Å². The second-order valence-electron chi connectivity index (χ2n) is 4.38. The van der Waals surface area contributed by atoms with Gasteiger partial charge >= 0.3 is 0 Å². The normalized spacial score (nSPS) is 14.3. The number of benzene rings is 1. The highest BCUT2D eigenvalue weighted by Gasteiger charge is 2.20. The van der Waals surface area contributed by atoms with Crippen LogP contribution in [0.15, 0.2) is 18.2 Å². The van der Waals surface area contributed by atoms with Crippen molar-refractivity contribution in [3.05, 3.63) is 29.6 Å². The summed E-state index contributed by atoms with van der Waals surface area (Å²) in [6, 6.07) is 5.39. The number of halogens is 1. The van der Waals surface area contributed by atoms with E-state index in [1.165, 1.54) is 26.0 Å². The Labute approximate surface area is 106 Å². The average Bonchev–Trinajstić information content (AvgIpc) is 3.18. The predicted octanol–water partition coefficient (Wildman–Crippen LogP) is 1.20. The van der Waals surface area contributed by atoms with Crippen molar-refractivity contribution in [3.63, 3.8) is 0 Å². The first kappa shape index (κ1) is 12.8. The first-order valence-electron chi connectivity index (χ1n) is 6.04. The Morgan fingerprint density at radius 3 is 2.89 bits per heavy atom. The summed E-state index contributed by atoms with van der Waals surface area (Å²) in [5.74, 6) is -0.614. The molecule has 0 saturated heterocycles. The molecule has 1 aromatic carbocycles. The van der Waals surface area contributed by atoms with Gasteiger partial charge in [-0.15, -0.1) is 0 Å². The summed E-state index contributed by atoms with van der Waals surface area (Å²) in [5.41, 5.74) is 0.881. The van der Waals surface area contributed by atoms with Crippen LogP contribution in [0.5, 0.6) is 5.75 Å². The highest BCUT2D eigenvalue weighted by atomic mass is 19.1. The monoisotopic (exact) mass is 252 g/mol. The van der Waals surface area contributed by atoms with Gasteiger partial charge in [-0.2, -0.15) is 0 Å². The summed E-state index contributed by atoms with van der Waals surface area (Å²) in [6.45, 7) is 0.490.